The third-order valence-electron chi connectivity index (χ3n) is 4.02. The highest BCUT2D eigenvalue weighted by atomic mass is 32.2. The number of benzene rings is 1. The Kier molecular flexibility index (Phi) is 7.31. The fourth-order valence-corrected chi connectivity index (χ4v) is 3.46. The molecule has 0 aliphatic rings. The minimum Gasteiger partial charge on any atom is -0.377 e. The van der Waals surface area contributed by atoms with Crippen LogP contribution in [0.2, 0.25) is 0 Å². The van der Waals surface area contributed by atoms with E-state index in [1.165, 1.54) is 0 Å². The summed E-state index contributed by atoms with van der Waals surface area (Å²) < 4.78 is 21.1. The molecule has 1 heterocycles. The lowest BCUT2D eigenvalue weighted by atomic mass is 10.2. The highest BCUT2D eigenvalue weighted by Gasteiger charge is 2.24. The van der Waals surface area contributed by atoms with Crippen LogP contribution in [0.5, 0.6) is 0 Å². The molecular weight excluding hydrogens is 336 g/mol. The van der Waals surface area contributed by atoms with Gasteiger partial charge in [-0.1, -0.05) is 12.1 Å². The van der Waals surface area contributed by atoms with E-state index >= 15 is 0 Å². The largest absolute Gasteiger partial charge is 0.377 e. The van der Waals surface area contributed by atoms with Crippen molar-refractivity contribution in [2.75, 3.05) is 32.0 Å². The van der Waals surface area contributed by atoms with Crippen LogP contribution in [0.15, 0.2) is 29.2 Å². The molecule has 0 amide bonds. The van der Waals surface area contributed by atoms with E-state index in [9.17, 15) is 4.55 Å². The van der Waals surface area contributed by atoms with E-state index in [0.29, 0.717) is 6.61 Å². The summed E-state index contributed by atoms with van der Waals surface area (Å²) in [4.78, 5) is 3.00. The van der Waals surface area contributed by atoms with Crippen molar-refractivity contribution in [3.63, 3.8) is 0 Å². The van der Waals surface area contributed by atoms with Crippen LogP contribution in [0, 0.1) is 13.8 Å². The smallest absolute Gasteiger partial charge is 0.303 e. The maximum Gasteiger partial charge on any atom is 0.303 e. The zero-order valence-electron chi connectivity index (χ0n) is 15.7. The quantitative estimate of drug-likeness (QED) is 0.528. The van der Waals surface area contributed by atoms with Gasteiger partial charge in [0.1, 0.15) is 5.69 Å². The normalized spacial score (nSPS) is 12.6. The van der Waals surface area contributed by atoms with Crippen molar-refractivity contribution in [3.05, 3.63) is 41.2 Å². The first-order chi connectivity index (χ1) is 11.9. The fraction of sp³-hybridized carbons (Fsp3) is 0.500. The van der Waals surface area contributed by atoms with Crippen molar-refractivity contribution in [1.29, 1.82) is 0 Å². The first-order valence-corrected chi connectivity index (χ1v) is 9.58. The number of nitrogens with zero attached hydrogens (tertiary/aromatic N) is 3. The van der Waals surface area contributed by atoms with Crippen LogP contribution in [0.25, 0.3) is 0 Å². The minimum atomic E-state index is -1.06. The van der Waals surface area contributed by atoms with E-state index in [1.807, 2.05) is 49.8 Å². The zero-order valence-corrected chi connectivity index (χ0v) is 16.6. The highest BCUT2D eigenvalue weighted by molar-refractivity contribution is 7.92. The standard InChI is InChI=1S/C18H29N4O2S/c1-14-18(15(2)22(5)19-14)20-25(23)17-9-7-16(8-10-17)13-24-12-6-11-21(3)4/h7-10,20,23H,6,11-13H2,1-5H3/q+1. The Morgan fingerprint density at radius 2 is 1.92 bits per heavy atom. The van der Waals surface area contributed by atoms with Gasteiger partial charge in [-0.3, -0.25) is 4.68 Å². The van der Waals surface area contributed by atoms with Gasteiger partial charge in [0.05, 0.1) is 18.0 Å². The maximum atomic E-state index is 10.5. The van der Waals surface area contributed by atoms with E-state index in [0.717, 1.165) is 47.1 Å². The second kappa shape index (κ2) is 9.24. The molecule has 138 valence electrons. The molecular formula is C18H29N4O2S+. The Labute approximate surface area is 153 Å². The lowest BCUT2D eigenvalue weighted by molar-refractivity contribution is 0.113. The van der Waals surface area contributed by atoms with Crippen molar-refractivity contribution in [1.82, 2.24) is 14.7 Å². The predicted molar refractivity (Wildman–Crippen MR) is 104 cm³/mol. The second-order valence-electron chi connectivity index (χ2n) is 6.41. The summed E-state index contributed by atoms with van der Waals surface area (Å²) in [6, 6.07) is 7.88. The highest BCUT2D eigenvalue weighted by Crippen LogP contribution is 2.23. The molecule has 1 aromatic heterocycles. The Bertz CT molecular complexity index is 670. The molecule has 6 nitrogen and oxygen atoms in total. The monoisotopic (exact) mass is 365 g/mol. The van der Waals surface area contributed by atoms with Crippen molar-refractivity contribution < 1.29 is 9.29 Å². The number of hydrogen-bond acceptors (Lipinski definition) is 5. The van der Waals surface area contributed by atoms with Crippen molar-refractivity contribution in [3.8, 4) is 0 Å². The van der Waals surface area contributed by atoms with E-state index in [-0.39, 0.29) is 0 Å². The summed E-state index contributed by atoms with van der Waals surface area (Å²) >= 11 is -1.06. The topological polar surface area (TPSA) is 62.6 Å². The average molecular weight is 366 g/mol. The zero-order chi connectivity index (χ0) is 18.4. The summed E-state index contributed by atoms with van der Waals surface area (Å²) in [5, 5.41) is 4.36. The van der Waals surface area contributed by atoms with E-state index in [4.69, 9.17) is 4.74 Å². The molecule has 0 spiro atoms. The molecule has 2 rings (SSSR count). The summed E-state index contributed by atoms with van der Waals surface area (Å²) in [6.07, 6.45) is 1.03. The molecule has 0 aliphatic heterocycles. The van der Waals surface area contributed by atoms with Gasteiger partial charge >= 0.3 is 11.4 Å². The van der Waals surface area contributed by atoms with Gasteiger partial charge in [-0.2, -0.15) is 14.4 Å². The second-order valence-corrected chi connectivity index (χ2v) is 7.65. The Morgan fingerprint density at radius 3 is 2.48 bits per heavy atom. The van der Waals surface area contributed by atoms with Crippen molar-refractivity contribution in [2.24, 2.45) is 7.05 Å². The maximum absolute atomic E-state index is 10.5. The van der Waals surface area contributed by atoms with E-state index < -0.39 is 11.4 Å². The molecule has 7 heteroatoms. The number of rotatable bonds is 9. The Morgan fingerprint density at radius 1 is 1.24 bits per heavy atom. The molecule has 0 aliphatic carbocycles. The molecule has 0 bridgehead atoms. The first kappa shape index (κ1) is 19.8. The van der Waals surface area contributed by atoms with Crippen molar-refractivity contribution in [2.45, 2.75) is 31.8 Å². The van der Waals surface area contributed by atoms with Gasteiger partial charge < -0.3 is 9.64 Å². The van der Waals surface area contributed by atoms with Crippen LogP contribution in [0.1, 0.15) is 23.4 Å². The number of hydrogen-bond donors (Lipinski definition) is 2. The number of aryl methyl sites for hydroxylation is 2. The molecule has 0 saturated heterocycles. The molecule has 25 heavy (non-hydrogen) atoms. The van der Waals surface area contributed by atoms with Crippen LogP contribution < -0.4 is 4.72 Å². The lowest BCUT2D eigenvalue weighted by Gasteiger charge is -2.09. The van der Waals surface area contributed by atoms with Gasteiger partial charge in [0.25, 0.3) is 0 Å². The van der Waals surface area contributed by atoms with Crippen LogP contribution in [0.3, 0.4) is 0 Å². The Hall–Kier alpha value is -1.54. The summed E-state index contributed by atoms with van der Waals surface area (Å²) in [5.41, 5.74) is 3.89. The van der Waals surface area contributed by atoms with Crippen molar-refractivity contribution >= 4 is 17.0 Å². The molecule has 2 aromatic rings. The Balaban J connectivity index is 1.86. The number of ether oxygens (including phenoxy) is 1. The third kappa shape index (κ3) is 5.74. The molecule has 2 N–H and O–H groups in total. The van der Waals surface area contributed by atoms with Gasteiger partial charge in [0.2, 0.25) is 4.90 Å². The molecule has 0 radical (unpaired) electrons. The van der Waals surface area contributed by atoms with Crippen LogP contribution in [-0.2, 0) is 29.8 Å². The van der Waals surface area contributed by atoms with Crippen LogP contribution >= 0.6 is 0 Å². The van der Waals surface area contributed by atoms with Gasteiger partial charge in [-0.25, -0.2) is 0 Å². The number of aromatic nitrogens is 2. The third-order valence-corrected chi connectivity index (χ3v) is 5.13. The number of anilines is 1. The fourth-order valence-electron chi connectivity index (χ4n) is 2.46. The predicted octanol–water partition coefficient (Wildman–Crippen LogP) is 2.98. The van der Waals surface area contributed by atoms with Gasteiger partial charge in [-0.15, -0.1) is 0 Å². The first-order valence-electron chi connectivity index (χ1n) is 8.40. The molecule has 1 unspecified atom stereocenters. The van der Waals surface area contributed by atoms with Gasteiger partial charge in [0, 0.05) is 13.7 Å². The van der Waals surface area contributed by atoms with Crippen LogP contribution in [-0.4, -0.2) is 46.5 Å². The van der Waals surface area contributed by atoms with Gasteiger partial charge in [-0.05, 0) is 58.6 Å². The summed E-state index contributed by atoms with van der Waals surface area (Å²) in [5.74, 6) is 0. The number of nitrogens with one attached hydrogen (secondary N) is 1. The van der Waals surface area contributed by atoms with Crippen LogP contribution in [0.4, 0.5) is 5.69 Å². The van der Waals surface area contributed by atoms with Gasteiger partial charge in [0.15, 0.2) is 0 Å². The van der Waals surface area contributed by atoms with E-state index in [2.05, 4.69) is 28.8 Å². The summed E-state index contributed by atoms with van der Waals surface area (Å²) in [6.45, 7) is 6.30. The molecule has 0 fully saturated rings. The van der Waals surface area contributed by atoms with E-state index in [1.54, 1.807) is 0 Å². The average Bonchev–Trinajstić information content (AvgIpc) is 2.81. The molecule has 1 atom stereocenters. The lowest BCUT2D eigenvalue weighted by Crippen LogP contribution is -2.15. The summed E-state index contributed by atoms with van der Waals surface area (Å²) in [7, 11) is 6.02. The molecule has 0 saturated carbocycles. The SMILES string of the molecule is Cc1nn(C)c(C)c1N[S+](O)c1ccc(COCCCN(C)C)cc1. The minimum absolute atomic E-state index is 0.598. The molecule has 1 aromatic carbocycles.